The summed E-state index contributed by atoms with van der Waals surface area (Å²) in [5.41, 5.74) is 4.31. The SMILES string of the molecule is COc1cc(C2c3cc4c(cc3[C@@H](NC(=O)CN(CCCN(CCCCNC(=O)OCc3ccccc3)C(=O)OCc3ccccc3)C(=O)OCc3ccccc3)[C@H]3COC(=O)C23)OCO4)cc(OC)c1O. The van der Waals surface area contributed by atoms with Gasteiger partial charge in [0.2, 0.25) is 18.4 Å². The first-order valence-electron chi connectivity index (χ1n) is 23.8. The van der Waals surface area contributed by atoms with Gasteiger partial charge in [0.25, 0.3) is 0 Å². The summed E-state index contributed by atoms with van der Waals surface area (Å²) in [5, 5.41) is 16.7. The number of nitrogens with one attached hydrogen (secondary N) is 2. The summed E-state index contributed by atoms with van der Waals surface area (Å²) in [7, 11) is 2.83. The van der Waals surface area contributed by atoms with Gasteiger partial charge >= 0.3 is 24.2 Å². The number of hydrogen-bond donors (Lipinski definition) is 3. The number of carbonyl (C=O) groups is 5. The van der Waals surface area contributed by atoms with Crippen LogP contribution >= 0.6 is 0 Å². The second-order valence-corrected chi connectivity index (χ2v) is 17.5. The molecule has 1 aliphatic carbocycles. The number of benzene rings is 5. The van der Waals surface area contributed by atoms with Crippen molar-refractivity contribution < 1.29 is 67.0 Å². The van der Waals surface area contributed by atoms with E-state index in [9.17, 15) is 29.1 Å². The molecule has 2 unspecified atom stereocenters. The third-order valence-corrected chi connectivity index (χ3v) is 12.8. The Balaban J connectivity index is 0.976. The molecule has 8 rings (SSSR count). The van der Waals surface area contributed by atoms with Crippen molar-refractivity contribution in [1.82, 2.24) is 20.4 Å². The number of phenolic OH excluding ortho intramolecular Hbond substituents is 1. The zero-order valence-electron chi connectivity index (χ0n) is 40.1. The summed E-state index contributed by atoms with van der Waals surface area (Å²) in [5.74, 6) is -2.06. The Labute approximate surface area is 417 Å². The van der Waals surface area contributed by atoms with Crippen molar-refractivity contribution >= 4 is 30.2 Å². The van der Waals surface area contributed by atoms with Gasteiger partial charge in [-0.1, -0.05) is 91.0 Å². The van der Waals surface area contributed by atoms with Gasteiger partial charge in [-0.15, -0.1) is 0 Å². The van der Waals surface area contributed by atoms with Crippen LogP contribution in [0.1, 0.15) is 64.6 Å². The molecule has 2 aliphatic heterocycles. The van der Waals surface area contributed by atoms with Crippen molar-refractivity contribution in [3.05, 3.63) is 149 Å². The second kappa shape index (κ2) is 24.1. The topological polar surface area (TPSA) is 210 Å². The molecule has 0 aromatic heterocycles. The number of amides is 4. The number of ether oxygens (including phenoxy) is 8. The fourth-order valence-corrected chi connectivity index (χ4v) is 9.23. The van der Waals surface area contributed by atoms with E-state index in [-0.39, 0.29) is 76.5 Å². The van der Waals surface area contributed by atoms with Crippen LogP contribution in [0.3, 0.4) is 0 Å². The Kier molecular flexibility index (Phi) is 16.8. The molecule has 3 aliphatic rings. The minimum Gasteiger partial charge on any atom is -0.502 e. The van der Waals surface area contributed by atoms with Crippen LogP contribution in [0.25, 0.3) is 0 Å². The van der Waals surface area contributed by atoms with E-state index < -0.39 is 60.5 Å². The van der Waals surface area contributed by atoms with Crippen molar-refractivity contribution in [2.45, 2.75) is 51.0 Å². The maximum Gasteiger partial charge on any atom is 0.410 e. The number of aromatic hydroxyl groups is 1. The van der Waals surface area contributed by atoms with Crippen LogP contribution in [0.2, 0.25) is 0 Å². The van der Waals surface area contributed by atoms with Crippen LogP contribution < -0.4 is 29.6 Å². The van der Waals surface area contributed by atoms with E-state index in [1.165, 1.54) is 19.1 Å². The van der Waals surface area contributed by atoms with Crippen LogP contribution in [0.15, 0.2) is 115 Å². The number of rotatable bonds is 21. The summed E-state index contributed by atoms with van der Waals surface area (Å²) < 4.78 is 45.1. The number of alkyl carbamates (subject to hydrolysis) is 1. The number of fused-ring (bicyclic) bond motifs is 3. The minimum absolute atomic E-state index is 0.0124. The first kappa shape index (κ1) is 50.2. The van der Waals surface area contributed by atoms with Gasteiger partial charge in [-0.25, -0.2) is 14.4 Å². The summed E-state index contributed by atoms with van der Waals surface area (Å²) in [6, 6.07) is 33.8. The van der Waals surface area contributed by atoms with E-state index in [0.717, 1.165) is 16.7 Å². The molecule has 4 atom stereocenters. The Morgan fingerprint density at radius 2 is 1.18 bits per heavy atom. The number of phenols is 1. The number of methoxy groups -OCH3 is 2. The van der Waals surface area contributed by atoms with E-state index in [1.54, 1.807) is 29.2 Å². The number of esters is 1. The molecule has 18 nitrogen and oxygen atoms in total. The van der Waals surface area contributed by atoms with Crippen LogP contribution in [-0.4, -0.2) is 105 Å². The van der Waals surface area contributed by atoms with Gasteiger partial charge in [0.15, 0.2) is 23.0 Å². The molecule has 4 amide bonds. The Morgan fingerprint density at radius 1 is 0.653 bits per heavy atom. The monoisotopic (exact) mass is 986 g/mol. The van der Waals surface area contributed by atoms with Crippen molar-refractivity contribution in [3.8, 4) is 28.7 Å². The Morgan fingerprint density at radius 3 is 1.76 bits per heavy atom. The lowest BCUT2D eigenvalue weighted by Crippen LogP contribution is -2.47. The molecule has 1 saturated heterocycles. The molecule has 0 radical (unpaired) electrons. The zero-order valence-corrected chi connectivity index (χ0v) is 40.1. The quantitative estimate of drug-likeness (QED) is 0.0367. The predicted molar refractivity (Wildman–Crippen MR) is 259 cm³/mol. The fourth-order valence-electron chi connectivity index (χ4n) is 9.23. The van der Waals surface area contributed by atoms with Gasteiger partial charge < -0.3 is 58.5 Å². The van der Waals surface area contributed by atoms with Crippen LogP contribution in [0, 0.1) is 11.8 Å². The Hall–Kier alpha value is -8.15. The highest BCUT2D eigenvalue weighted by atomic mass is 16.7. The van der Waals surface area contributed by atoms with E-state index >= 15 is 0 Å². The lowest BCUT2D eigenvalue weighted by Gasteiger charge is -2.39. The lowest BCUT2D eigenvalue weighted by molar-refractivity contribution is -0.141. The smallest absolute Gasteiger partial charge is 0.410 e. The number of unbranched alkanes of at least 4 members (excludes halogenated alkanes) is 1. The largest absolute Gasteiger partial charge is 0.502 e. The molecule has 0 spiro atoms. The molecule has 0 bridgehead atoms. The van der Waals surface area contributed by atoms with Gasteiger partial charge in [0.1, 0.15) is 26.4 Å². The lowest BCUT2D eigenvalue weighted by atomic mass is 9.65. The van der Waals surface area contributed by atoms with E-state index in [1.807, 2.05) is 91.0 Å². The molecule has 2 heterocycles. The summed E-state index contributed by atoms with van der Waals surface area (Å²) >= 11 is 0. The molecule has 1 fully saturated rings. The first-order valence-corrected chi connectivity index (χ1v) is 23.8. The third kappa shape index (κ3) is 12.4. The Bertz CT molecular complexity index is 2650. The van der Waals surface area contributed by atoms with Crippen LogP contribution in [-0.2, 0) is 48.4 Å². The number of carbonyl (C=O) groups excluding carboxylic acids is 5. The molecule has 378 valence electrons. The molecular weight excluding hydrogens is 929 g/mol. The van der Waals surface area contributed by atoms with Crippen molar-refractivity contribution in [3.63, 3.8) is 0 Å². The number of hydrogen-bond acceptors (Lipinski definition) is 14. The normalized spacial score (nSPS) is 17.1. The molecule has 72 heavy (non-hydrogen) atoms. The fraction of sp³-hybridized carbons (Fsp3) is 0.352. The standard InChI is InChI=1S/C54H58N4O14/c1-65-44-25-38(26-45(66-2)50(44)60)47-39-27-42-43(72-34-71-42)28-40(39)49(41-33-67-51(61)48(41)47)56-46(59)29-58(54(64)70-32-37-19-10-5-11-20-37)24-14-23-57(53(63)69-31-36-17-8-4-9-18-36)22-13-12-21-55-52(62)68-30-35-15-6-3-7-16-35/h3-11,15-20,25-28,41,47-49,60H,12-14,21-24,29-34H2,1-2H3,(H,55,62)(H,56,59)/t41-,47?,48?,49+/m0/s1. The van der Waals surface area contributed by atoms with Gasteiger partial charge in [0, 0.05) is 38.0 Å². The average Bonchev–Trinajstić information content (AvgIpc) is 4.04. The summed E-state index contributed by atoms with van der Waals surface area (Å²) in [6.45, 7) is 0.421. The molecule has 3 N–H and O–H groups in total. The van der Waals surface area contributed by atoms with Crippen molar-refractivity contribution in [2.24, 2.45) is 11.8 Å². The van der Waals surface area contributed by atoms with Gasteiger partial charge in [-0.2, -0.15) is 0 Å². The number of nitrogens with zero attached hydrogens (tertiary/aromatic N) is 2. The van der Waals surface area contributed by atoms with E-state index in [4.69, 9.17) is 37.9 Å². The van der Waals surface area contributed by atoms with Crippen molar-refractivity contribution in [1.29, 1.82) is 0 Å². The van der Waals surface area contributed by atoms with E-state index in [0.29, 0.717) is 47.6 Å². The zero-order chi connectivity index (χ0) is 50.4. The van der Waals surface area contributed by atoms with E-state index in [2.05, 4.69) is 10.6 Å². The van der Waals surface area contributed by atoms with Crippen LogP contribution in [0.5, 0.6) is 28.7 Å². The summed E-state index contributed by atoms with van der Waals surface area (Å²) in [4.78, 5) is 71.0. The highest BCUT2D eigenvalue weighted by Crippen LogP contribution is 2.55. The molecular formula is C54H58N4O14. The second-order valence-electron chi connectivity index (χ2n) is 17.5. The first-order chi connectivity index (χ1) is 35.1. The molecule has 0 saturated carbocycles. The maximum absolute atomic E-state index is 14.4. The molecule has 18 heteroatoms. The van der Waals surface area contributed by atoms with Crippen molar-refractivity contribution in [2.75, 3.05) is 60.3 Å². The molecule has 5 aromatic carbocycles. The van der Waals surface area contributed by atoms with Gasteiger partial charge in [-0.3, -0.25) is 14.5 Å². The van der Waals surface area contributed by atoms with Gasteiger partial charge in [0.05, 0.1) is 32.8 Å². The number of cyclic esters (lactones) is 1. The average molecular weight is 987 g/mol. The third-order valence-electron chi connectivity index (χ3n) is 12.8. The molecule has 5 aromatic rings. The highest BCUT2D eigenvalue weighted by molar-refractivity contribution is 5.84. The van der Waals surface area contributed by atoms with Crippen LogP contribution in [0.4, 0.5) is 14.4 Å². The maximum atomic E-state index is 14.4. The highest BCUT2D eigenvalue weighted by Gasteiger charge is 2.53. The summed E-state index contributed by atoms with van der Waals surface area (Å²) in [6.07, 6.45) is -0.584. The minimum atomic E-state index is -0.800. The predicted octanol–water partition coefficient (Wildman–Crippen LogP) is 7.60. The van der Waals surface area contributed by atoms with Gasteiger partial charge in [-0.05, 0) is 76.9 Å².